The summed E-state index contributed by atoms with van der Waals surface area (Å²) >= 11 is 0. The van der Waals surface area contributed by atoms with Crippen molar-refractivity contribution in [2.24, 2.45) is 0 Å². The van der Waals surface area contributed by atoms with E-state index in [1.807, 2.05) is 13.0 Å². The zero-order valence-corrected chi connectivity index (χ0v) is 16.2. The summed E-state index contributed by atoms with van der Waals surface area (Å²) in [5, 5.41) is 2.77. The molecule has 0 bridgehead atoms. The molecule has 2 aromatic carbocycles. The molecule has 1 amide bonds. The van der Waals surface area contributed by atoms with E-state index in [1.54, 1.807) is 36.7 Å². The highest BCUT2D eigenvalue weighted by molar-refractivity contribution is 6.13. The van der Waals surface area contributed by atoms with Crippen LogP contribution in [0.3, 0.4) is 0 Å². The first-order valence-corrected chi connectivity index (χ1v) is 9.22. The predicted octanol–water partition coefficient (Wildman–Crippen LogP) is 6.02. The summed E-state index contributed by atoms with van der Waals surface area (Å²) in [4.78, 5) is 21.6. The number of nitrogens with one attached hydrogen (secondary N) is 1. The summed E-state index contributed by atoms with van der Waals surface area (Å²) in [6, 6.07) is 12.2. The average molecular weight is 425 g/mol. The van der Waals surface area contributed by atoms with Crippen LogP contribution in [-0.4, -0.2) is 15.9 Å². The van der Waals surface area contributed by atoms with Crippen molar-refractivity contribution in [3.05, 3.63) is 89.5 Å². The van der Waals surface area contributed by atoms with Gasteiger partial charge in [0.05, 0.1) is 28.0 Å². The van der Waals surface area contributed by atoms with E-state index < -0.39 is 29.2 Å². The minimum absolute atomic E-state index is 0.157. The first-order valence-electron chi connectivity index (χ1n) is 9.22. The molecule has 0 aliphatic carbocycles. The largest absolute Gasteiger partial charge is 0.416 e. The second-order valence-corrected chi connectivity index (χ2v) is 6.96. The summed E-state index contributed by atoms with van der Waals surface area (Å²) in [5.74, 6) is -1.72. The molecule has 1 N–H and O–H groups in total. The number of alkyl halides is 3. The molecule has 8 heteroatoms. The van der Waals surface area contributed by atoms with Crippen LogP contribution in [0.2, 0.25) is 0 Å². The highest BCUT2D eigenvalue weighted by Crippen LogP contribution is 2.32. The molecule has 0 aliphatic heterocycles. The fourth-order valence-corrected chi connectivity index (χ4v) is 3.18. The monoisotopic (exact) mass is 425 g/mol. The van der Waals surface area contributed by atoms with Crippen LogP contribution in [0.4, 0.5) is 23.2 Å². The van der Waals surface area contributed by atoms with Crippen molar-refractivity contribution in [3.8, 4) is 11.3 Å². The number of fused-ring (bicyclic) bond motifs is 1. The van der Waals surface area contributed by atoms with E-state index >= 15 is 0 Å². The molecule has 31 heavy (non-hydrogen) atoms. The number of amides is 1. The lowest BCUT2D eigenvalue weighted by Gasteiger charge is -2.13. The molecule has 0 unspecified atom stereocenters. The normalized spacial score (nSPS) is 11.5. The van der Waals surface area contributed by atoms with E-state index in [-0.39, 0.29) is 5.56 Å². The lowest BCUT2D eigenvalue weighted by atomic mass is 10.0. The van der Waals surface area contributed by atoms with Crippen LogP contribution >= 0.6 is 0 Å². The fourth-order valence-electron chi connectivity index (χ4n) is 3.18. The number of hydrogen-bond donors (Lipinski definition) is 1. The summed E-state index contributed by atoms with van der Waals surface area (Å²) < 4.78 is 53.2. The van der Waals surface area contributed by atoms with Gasteiger partial charge in [-0.25, -0.2) is 9.37 Å². The molecule has 0 fully saturated rings. The fraction of sp³-hybridized carbons (Fsp3) is 0.0870. The zero-order valence-electron chi connectivity index (χ0n) is 16.2. The highest BCUT2D eigenvalue weighted by Gasteiger charge is 2.31. The Labute approximate surface area is 174 Å². The Kier molecular flexibility index (Phi) is 5.14. The number of benzene rings is 2. The van der Waals surface area contributed by atoms with Gasteiger partial charge in [-0.15, -0.1) is 0 Å². The van der Waals surface area contributed by atoms with Crippen LogP contribution in [0.5, 0.6) is 0 Å². The Morgan fingerprint density at radius 3 is 2.55 bits per heavy atom. The topological polar surface area (TPSA) is 54.9 Å². The highest BCUT2D eigenvalue weighted by atomic mass is 19.4. The lowest BCUT2D eigenvalue weighted by molar-refractivity contribution is -0.137. The molecule has 0 atom stereocenters. The van der Waals surface area contributed by atoms with Crippen LogP contribution in [0, 0.1) is 12.7 Å². The third kappa shape index (κ3) is 4.23. The van der Waals surface area contributed by atoms with Gasteiger partial charge in [-0.3, -0.25) is 9.78 Å². The number of nitrogens with zero attached hydrogens (tertiary/aromatic N) is 2. The van der Waals surface area contributed by atoms with Gasteiger partial charge in [0.25, 0.3) is 5.91 Å². The maximum atomic E-state index is 14.2. The minimum atomic E-state index is -4.67. The van der Waals surface area contributed by atoms with Gasteiger partial charge in [0.2, 0.25) is 0 Å². The molecular formula is C23H15F4N3O. The van der Waals surface area contributed by atoms with Crippen molar-refractivity contribution in [1.29, 1.82) is 0 Å². The lowest BCUT2D eigenvalue weighted by Crippen LogP contribution is -2.15. The number of halogens is 4. The average Bonchev–Trinajstić information content (AvgIpc) is 2.74. The van der Waals surface area contributed by atoms with E-state index in [4.69, 9.17) is 0 Å². The number of carbonyl (C=O) groups excluding carboxylic acids is 1. The summed E-state index contributed by atoms with van der Waals surface area (Å²) in [6.07, 6.45) is -1.49. The molecule has 4 rings (SSSR count). The van der Waals surface area contributed by atoms with Gasteiger partial charge in [0, 0.05) is 23.3 Å². The molecule has 0 spiro atoms. The van der Waals surface area contributed by atoms with Gasteiger partial charge in [-0.1, -0.05) is 11.6 Å². The Bertz CT molecular complexity index is 1290. The smallest absolute Gasteiger partial charge is 0.319 e. The minimum Gasteiger partial charge on any atom is -0.319 e. The number of anilines is 1. The molecular weight excluding hydrogens is 410 g/mol. The third-order valence-corrected chi connectivity index (χ3v) is 4.71. The van der Waals surface area contributed by atoms with Gasteiger partial charge in [0.15, 0.2) is 0 Å². The maximum Gasteiger partial charge on any atom is 0.416 e. The second kappa shape index (κ2) is 7.79. The van der Waals surface area contributed by atoms with Gasteiger partial charge in [0.1, 0.15) is 5.82 Å². The Balaban J connectivity index is 1.82. The zero-order chi connectivity index (χ0) is 22.2. The van der Waals surface area contributed by atoms with Crippen molar-refractivity contribution < 1.29 is 22.4 Å². The van der Waals surface area contributed by atoms with Gasteiger partial charge >= 0.3 is 6.18 Å². The van der Waals surface area contributed by atoms with Crippen molar-refractivity contribution in [1.82, 2.24) is 9.97 Å². The molecule has 2 heterocycles. The quantitative estimate of drug-likeness (QED) is 0.409. The Morgan fingerprint density at radius 1 is 1.03 bits per heavy atom. The van der Waals surface area contributed by atoms with E-state index in [1.165, 1.54) is 6.07 Å². The first kappa shape index (κ1) is 20.5. The van der Waals surface area contributed by atoms with E-state index in [2.05, 4.69) is 15.3 Å². The van der Waals surface area contributed by atoms with Crippen molar-refractivity contribution >= 4 is 22.5 Å². The molecule has 0 aliphatic rings. The van der Waals surface area contributed by atoms with E-state index in [0.29, 0.717) is 40.4 Å². The Morgan fingerprint density at radius 2 is 1.84 bits per heavy atom. The number of pyridine rings is 2. The van der Waals surface area contributed by atoms with Gasteiger partial charge in [-0.05, 0) is 55.5 Å². The SMILES string of the molecule is Cc1ccc2nc(-c3cccnc3)cc(C(=O)Nc3cc(C(F)(F)F)ccc3F)c2c1. The van der Waals surface area contributed by atoms with Crippen molar-refractivity contribution in [2.45, 2.75) is 13.1 Å². The summed E-state index contributed by atoms with van der Waals surface area (Å²) in [5.41, 5.74) is 1.04. The second-order valence-electron chi connectivity index (χ2n) is 6.96. The van der Waals surface area contributed by atoms with Gasteiger partial charge in [-0.2, -0.15) is 13.2 Å². The summed E-state index contributed by atoms with van der Waals surface area (Å²) in [6.45, 7) is 1.84. The number of hydrogen-bond acceptors (Lipinski definition) is 3. The summed E-state index contributed by atoms with van der Waals surface area (Å²) in [7, 11) is 0. The molecule has 0 saturated carbocycles. The first-order chi connectivity index (χ1) is 14.7. The van der Waals surface area contributed by atoms with Crippen LogP contribution in [0.15, 0.2) is 67.0 Å². The van der Waals surface area contributed by atoms with Crippen LogP contribution in [0.25, 0.3) is 22.2 Å². The van der Waals surface area contributed by atoms with E-state index in [9.17, 15) is 22.4 Å². The standard InChI is InChI=1S/C23H15F4N3O/c1-13-4-7-19-16(9-13)17(11-20(29-19)14-3-2-8-28-12-14)22(31)30-21-10-15(23(25,26)27)5-6-18(21)24/h2-12H,1H3,(H,30,31). The van der Waals surface area contributed by atoms with Crippen LogP contribution < -0.4 is 5.32 Å². The van der Waals surface area contributed by atoms with Crippen LogP contribution in [-0.2, 0) is 6.18 Å². The number of aromatic nitrogens is 2. The predicted molar refractivity (Wildman–Crippen MR) is 109 cm³/mol. The Hall–Kier alpha value is -3.81. The van der Waals surface area contributed by atoms with E-state index in [0.717, 1.165) is 5.56 Å². The van der Waals surface area contributed by atoms with Gasteiger partial charge < -0.3 is 5.32 Å². The molecule has 4 aromatic rings. The van der Waals surface area contributed by atoms with Crippen LogP contribution in [0.1, 0.15) is 21.5 Å². The maximum absolute atomic E-state index is 14.2. The molecule has 4 nitrogen and oxygen atoms in total. The molecule has 2 aromatic heterocycles. The number of rotatable bonds is 3. The number of aryl methyl sites for hydroxylation is 1. The van der Waals surface area contributed by atoms with Crippen molar-refractivity contribution in [2.75, 3.05) is 5.32 Å². The molecule has 156 valence electrons. The third-order valence-electron chi connectivity index (χ3n) is 4.71. The molecule has 0 radical (unpaired) electrons. The molecule has 0 saturated heterocycles. The number of carbonyl (C=O) groups is 1. The van der Waals surface area contributed by atoms with Crippen molar-refractivity contribution in [3.63, 3.8) is 0 Å².